The van der Waals surface area contributed by atoms with Gasteiger partial charge in [-0.2, -0.15) is 0 Å². The molecule has 1 amide bonds. The smallest absolute Gasteiger partial charge is 0.335 e. The van der Waals surface area contributed by atoms with Crippen LogP contribution < -0.4 is 0 Å². The lowest BCUT2D eigenvalue weighted by Crippen LogP contribution is -2.37. The summed E-state index contributed by atoms with van der Waals surface area (Å²) in [5, 5.41) is 19.0. The summed E-state index contributed by atoms with van der Waals surface area (Å²) in [6.45, 7) is 3.29. The Labute approximate surface area is 170 Å². The molecule has 3 rings (SSSR count). The van der Waals surface area contributed by atoms with Gasteiger partial charge in [0.15, 0.2) is 6.23 Å². The normalized spacial score (nSPS) is 17.8. The Morgan fingerprint density at radius 3 is 2.72 bits per heavy atom. The molecule has 1 aliphatic heterocycles. The van der Waals surface area contributed by atoms with Crippen molar-refractivity contribution >= 4 is 35.0 Å². The van der Waals surface area contributed by atoms with Crippen molar-refractivity contribution in [1.82, 2.24) is 4.90 Å². The minimum atomic E-state index is -1.26. The van der Waals surface area contributed by atoms with Gasteiger partial charge in [-0.1, -0.05) is 6.07 Å². The van der Waals surface area contributed by atoms with Gasteiger partial charge in [0.25, 0.3) is 5.24 Å². The standard InChI is InChI=1S/C20H19NO7S/c1-3-27-17(22)10-21-18(23)16(29-20(21)26)9-13-5-7-15(28-13)14-6-4-12(19(24)25)8-11(14)2/h4-9,18,23H,3,10H2,1-2H3,(H,24,25)/b16-9-. The van der Waals surface area contributed by atoms with Crippen molar-refractivity contribution in [1.29, 1.82) is 0 Å². The number of aromatic carboxylic acids is 1. The molecule has 8 nitrogen and oxygen atoms in total. The number of carboxylic acid groups (broad SMARTS) is 1. The van der Waals surface area contributed by atoms with E-state index < -0.39 is 23.4 Å². The van der Waals surface area contributed by atoms with E-state index in [1.165, 1.54) is 12.1 Å². The highest BCUT2D eigenvalue weighted by atomic mass is 32.2. The minimum absolute atomic E-state index is 0.186. The van der Waals surface area contributed by atoms with Gasteiger partial charge in [-0.15, -0.1) is 0 Å². The van der Waals surface area contributed by atoms with Crippen molar-refractivity contribution in [3.8, 4) is 11.3 Å². The van der Waals surface area contributed by atoms with Gasteiger partial charge in [0.2, 0.25) is 0 Å². The number of esters is 1. The van der Waals surface area contributed by atoms with Crippen LogP contribution in [0.5, 0.6) is 0 Å². The summed E-state index contributed by atoms with van der Waals surface area (Å²) in [4.78, 5) is 36.1. The number of carbonyl (C=O) groups excluding carboxylic acids is 2. The molecule has 1 aromatic carbocycles. The summed E-state index contributed by atoms with van der Waals surface area (Å²) in [5.41, 5.74) is 1.66. The van der Waals surface area contributed by atoms with Gasteiger partial charge in [-0.25, -0.2) is 4.79 Å². The Kier molecular flexibility index (Phi) is 6.09. The zero-order chi connectivity index (χ0) is 21.1. The van der Waals surface area contributed by atoms with Crippen LogP contribution in [0.4, 0.5) is 4.79 Å². The molecule has 1 saturated heterocycles. The highest BCUT2D eigenvalue weighted by Crippen LogP contribution is 2.36. The monoisotopic (exact) mass is 417 g/mol. The SMILES string of the molecule is CCOC(=O)CN1C(=O)S/C(=C\c2ccc(-c3ccc(C(=O)O)cc3C)o2)C1O. The number of benzene rings is 1. The second-order valence-electron chi connectivity index (χ2n) is 6.26. The number of thioether (sulfide) groups is 1. The largest absolute Gasteiger partial charge is 0.478 e. The summed E-state index contributed by atoms with van der Waals surface area (Å²) >= 11 is 0.815. The maximum atomic E-state index is 12.1. The van der Waals surface area contributed by atoms with Gasteiger partial charge in [0, 0.05) is 10.5 Å². The second kappa shape index (κ2) is 8.54. The number of nitrogens with zero attached hydrogens (tertiary/aromatic N) is 1. The number of amides is 1. The van der Waals surface area contributed by atoms with Crippen LogP contribution in [-0.2, 0) is 9.53 Å². The van der Waals surface area contributed by atoms with Crippen molar-refractivity contribution < 1.29 is 33.8 Å². The van der Waals surface area contributed by atoms with Gasteiger partial charge in [-0.05, 0) is 61.5 Å². The first-order valence-corrected chi connectivity index (χ1v) is 9.59. The van der Waals surface area contributed by atoms with Crippen LogP contribution in [0.25, 0.3) is 17.4 Å². The Balaban J connectivity index is 1.79. The van der Waals surface area contributed by atoms with Gasteiger partial charge in [0.05, 0.1) is 12.2 Å². The fourth-order valence-corrected chi connectivity index (χ4v) is 3.75. The van der Waals surface area contributed by atoms with Gasteiger partial charge >= 0.3 is 11.9 Å². The summed E-state index contributed by atoms with van der Waals surface area (Å²) in [5.74, 6) is -0.663. The minimum Gasteiger partial charge on any atom is -0.478 e. The number of aliphatic hydroxyl groups excluding tert-OH is 1. The van der Waals surface area contributed by atoms with Crippen molar-refractivity contribution in [2.24, 2.45) is 0 Å². The Bertz CT molecular complexity index is 994. The maximum Gasteiger partial charge on any atom is 0.335 e. The summed E-state index contributed by atoms with van der Waals surface area (Å²) in [6, 6.07) is 8.12. The summed E-state index contributed by atoms with van der Waals surface area (Å²) < 4.78 is 10.6. The van der Waals surface area contributed by atoms with E-state index in [-0.39, 0.29) is 18.7 Å². The number of carbonyl (C=O) groups is 3. The predicted octanol–water partition coefficient (Wildman–Crippen LogP) is 3.34. The molecule has 1 unspecified atom stereocenters. The first-order chi connectivity index (χ1) is 13.8. The molecule has 2 heterocycles. The van der Waals surface area contributed by atoms with E-state index in [1.807, 2.05) is 0 Å². The quantitative estimate of drug-likeness (QED) is 0.687. The molecule has 29 heavy (non-hydrogen) atoms. The maximum absolute atomic E-state index is 12.1. The zero-order valence-corrected chi connectivity index (χ0v) is 16.6. The Morgan fingerprint density at radius 2 is 2.07 bits per heavy atom. The van der Waals surface area contributed by atoms with Gasteiger partial charge in [0.1, 0.15) is 18.1 Å². The molecule has 1 fully saturated rings. The molecular formula is C20H19NO7S. The van der Waals surface area contributed by atoms with Crippen LogP contribution in [-0.4, -0.2) is 51.7 Å². The summed E-state index contributed by atoms with van der Waals surface area (Å²) in [6.07, 6.45) is 0.269. The van der Waals surface area contributed by atoms with Crippen LogP contribution in [0, 0.1) is 6.92 Å². The Hall–Kier alpha value is -3.04. The third-order valence-corrected chi connectivity index (χ3v) is 5.22. The fourth-order valence-electron chi connectivity index (χ4n) is 2.85. The lowest BCUT2D eigenvalue weighted by atomic mass is 10.0. The predicted molar refractivity (Wildman–Crippen MR) is 106 cm³/mol. The average Bonchev–Trinajstić information content (AvgIpc) is 3.22. The number of rotatable bonds is 6. The van der Waals surface area contributed by atoms with E-state index >= 15 is 0 Å². The van der Waals surface area contributed by atoms with E-state index in [0.717, 1.165) is 27.8 Å². The highest BCUT2D eigenvalue weighted by Gasteiger charge is 2.36. The molecule has 0 radical (unpaired) electrons. The first kappa shape index (κ1) is 20.7. The number of aliphatic hydroxyl groups is 1. The number of furan rings is 1. The lowest BCUT2D eigenvalue weighted by Gasteiger charge is -2.18. The lowest BCUT2D eigenvalue weighted by molar-refractivity contribution is -0.145. The first-order valence-electron chi connectivity index (χ1n) is 8.78. The molecule has 2 N–H and O–H groups in total. The number of aryl methyl sites for hydroxylation is 1. The summed E-state index contributed by atoms with van der Waals surface area (Å²) in [7, 11) is 0. The number of hydrogen-bond donors (Lipinski definition) is 2. The molecule has 1 atom stereocenters. The third kappa shape index (κ3) is 4.52. The Morgan fingerprint density at radius 1 is 1.31 bits per heavy atom. The van der Waals surface area contributed by atoms with Crippen molar-refractivity contribution in [3.63, 3.8) is 0 Å². The van der Waals surface area contributed by atoms with Crippen molar-refractivity contribution in [2.45, 2.75) is 20.1 Å². The number of ether oxygens (including phenoxy) is 1. The van der Waals surface area contributed by atoms with Crippen LogP contribution in [0.2, 0.25) is 0 Å². The average molecular weight is 417 g/mol. The van der Waals surface area contributed by atoms with Crippen LogP contribution in [0.1, 0.15) is 28.6 Å². The second-order valence-corrected chi connectivity index (χ2v) is 7.28. The topological polar surface area (TPSA) is 117 Å². The molecule has 9 heteroatoms. The van der Waals surface area contributed by atoms with E-state index in [1.54, 1.807) is 38.1 Å². The molecular weight excluding hydrogens is 398 g/mol. The molecule has 152 valence electrons. The van der Waals surface area contributed by atoms with Gasteiger partial charge < -0.3 is 19.4 Å². The molecule has 1 aromatic heterocycles. The van der Waals surface area contributed by atoms with E-state index in [9.17, 15) is 19.5 Å². The molecule has 0 aliphatic carbocycles. The van der Waals surface area contributed by atoms with Gasteiger partial charge in [-0.3, -0.25) is 14.5 Å². The van der Waals surface area contributed by atoms with Crippen molar-refractivity contribution in [3.05, 3.63) is 52.1 Å². The van der Waals surface area contributed by atoms with Crippen LogP contribution >= 0.6 is 11.8 Å². The highest BCUT2D eigenvalue weighted by molar-refractivity contribution is 8.17. The van der Waals surface area contributed by atoms with Crippen LogP contribution in [0.3, 0.4) is 0 Å². The van der Waals surface area contributed by atoms with Crippen LogP contribution in [0.15, 0.2) is 39.7 Å². The third-order valence-electron chi connectivity index (χ3n) is 4.24. The van der Waals surface area contributed by atoms with E-state index in [2.05, 4.69) is 0 Å². The fraction of sp³-hybridized carbons (Fsp3) is 0.250. The molecule has 0 bridgehead atoms. The van der Waals surface area contributed by atoms with E-state index in [0.29, 0.717) is 16.4 Å². The van der Waals surface area contributed by atoms with E-state index in [4.69, 9.17) is 14.3 Å². The molecule has 0 saturated carbocycles. The zero-order valence-electron chi connectivity index (χ0n) is 15.7. The molecule has 2 aromatic rings. The number of hydrogen-bond acceptors (Lipinski definition) is 7. The molecule has 0 spiro atoms. The molecule has 1 aliphatic rings. The van der Waals surface area contributed by atoms with Crippen molar-refractivity contribution in [2.75, 3.05) is 13.2 Å². The number of carboxylic acids is 1.